The van der Waals surface area contributed by atoms with Gasteiger partial charge >= 0.3 is 17.9 Å². The van der Waals surface area contributed by atoms with Crippen LogP contribution < -0.4 is 5.32 Å². The molecule has 0 unspecified atom stereocenters. The van der Waals surface area contributed by atoms with Crippen LogP contribution in [0.1, 0.15) is 25.7 Å². The Hall–Kier alpha value is -1.96. The molecule has 8 heteroatoms. The van der Waals surface area contributed by atoms with Gasteiger partial charge in [-0.15, -0.1) is 0 Å². The first-order valence-corrected chi connectivity index (χ1v) is 5.28. The van der Waals surface area contributed by atoms with Crippen LogP contribution in [0.5, 0.6) is 0 Å². The fourth-order valence-electron chi connectivity index (χ4n) is 1.22. The molecule has 0 aromatic rings. The lowest BCUT2D eigenvalue weighted by atomic mass is 10.2. The number of carbonyl (C=O) groups excluding carboxylic acids is 1. The summed E-state index contributed by atoms with van der Waals surface area (Å²) in [4.78, 5) is 39.9. The monoisotopic (exact) mass is 261 g/mol. The van der Waals surface area contributed by atoms with Crippen LogP contribution in [0.4, 0.5) is 0 Å². The zero-order valence-corrected chi connectivity index (χ0v) is 9.59. The summed E-state index contributed by atoms with van der Waals surface area (Å²) in [7, 11) is 0. The van der Waals surface area contributed by atoms with Crippen molar-refractivity contribution in [1.29, 1.82) is 0 Å². The first-order valence-electron chi connectivity index (χ1n) is 5.28. The third kappa shape index (κ3) is 7.34. The van der Waals surface area contributed by atoms with Gasteiger partial charge in [0.05, 0.1) is 6.42 Å². The fraction of sp³-hybridized carbons (Fsp3) is 0.600. The molecule has 18 heavy (non-hydrogen) atoms. The standard InChI is InChI=1S/C5H9NO2.C5H6O5/c7-5(8)4-2-1-3-6-4;6-3(5(9)10)1-2-4(7)8/h4,6H,1-3H2,(H,7,8);1-2H2,(H,7,8)(H,9,10)/t4-;/m0./s1. The van der Waals surface area contributed by atoms with Crippen LogP contribution in [0.15, 0.2) is 0 Å². The van der Waals surface area contributed by atoms with E-state index in [2.05, 4.69) is 5.32 Å². The van der Waals surface area contributed by atoms with Crippen LogP contribution in [0.3, 0.4) is 0 Å². The second-order valence-electron chi connectivity index (χ2n) is 3.61. The summed E-state index contributed by atoms with van der Waals surface area (Å²) in [5.74, 6) is -4.54. The molecule has 0 spiro atoms. The average Bonchev–Trinajstić information content (AvgIpc) is 2.79. The predicted octanol–water partition coefficient (Wildman–Crippen LogP) is -0.672. The van der Waals surface area contributed by atoms with Gasteiger partial charge in [0.15, 0.2) is 0 Å². The van der Waals surface area contributed by atoms with Crippen LogP contribution in [0.25, 0.3) is 0 Å². The van der Waals surface area contributed by atoms with Crippen molar-refractivity contribution in [2.75, 3.05) is 6.54 Å². The van der Waals surface area contributed by atoms with Crippen LogP contribution in [0, 0.1) is 0 Å². The SMILES string of the molecule is O=C(O)CCC(=O)C(=O)O.O=C(O)[C@@H]1CCCN1. The van der Waals surface area contributed by atoms with Crippen LogP contribution in [-0.4, -0.2) is 51.6 Å². The van der Waals surface area contributed by atoms with Gasteiger partial charge in [-0.25, -0.2) is 4.79 Å². The van der Waals surface area contributed by atoms with E-state index in [-0.39, 0.29) is 6.04 Å². The molecular weight excluding hydrogens is 246 g/mol. The van der Waals surface area contributed by atoms with Crippen LogP contribution >= 0.6 is 0 Å². The highest BCUT2D eigenvalue weighted by atomic mass is 16.4. The molecule has 0 radical (unpaired) electrons. The van der Waals surface area contributed by atoms with E-state index in [9.17, 15) is 19.2 Å². The summed E-state index contributed by atoms with van der Waals surface area (Å²) in [5.41, 5.74) is 0. The summed E-state index contributed by atoms with van der Waals surface area (Å²) < 4.78 is 0. The Morgan fingerprint density at radius 1 is 1.06 bits per heavy atom. The molecule has 1 fully saturated rings. The van der Waals surface area contributed by atoms with E-state index in [0.717, 1.165) is 19.4 Å². The minimum Gasteiger partial charge on any atom is -0.481 e. The predicted molar refractivity (Wildman–Crippen MR) is 58.2 cm³/mol. The number of carboxylic acids is 3. The van der Waals surface area contributed by atoms with Gasteiger partial charge in [0, 0.05) is 6.42 Å². The van der Waals surface area contributed by atoms with E-state index >= 15 is 0 Å². The zero-order chi connectivity index (χ0) is 14.1. The molecule has 0 saturated carbocycles. The Labute approximate surface area is 103 Å². The van der Waals surface area contributed by atoms with E-state index < -0.39 is 36.5 Å². The minimum absolute atomic E-state index is 0.269. The smallest absolute Gasteiger partial charge is 0.372 e. The lowest BCUT2D eigenvalue weighted by molar-refractivity contribution is -0.149. The third-order valence-electron chi connectivity index (χ3n) is 2.16. The van der Waals surface area contributed by atoms with E-state index in [1.807, 2.05) is 0 Å². The summed E-state index contributed by atoms with van der Waals surface area (Å²) in [6.07, 6.45) is 0.919. The quantitative estimate of drug-likeness (QED) is 0.477. The molecule has 0 amide bonds. The molecule has 0 bridgehead atoms. The van der Waals surface area contributed by atoms with Crippen molar-refractivity contribution in [2.45, 2.75) is 31.7 Å². The number of hydrogen-bond donors (Lipinski definition) is 4. The normalized spacial score (nSPS) is 17.4. The molecule has 102 valence electrons. The van der Waals surface area contributed by atoms with E-state index in [1.165, 1.54) is 0 Å². The van der Waals surface area contributed by atoms with Gasteiger partial charge in [-0.3, -0.25) is 14.4 Å². The van der Waals surface area contributed by atoms with Gasteiger partial charge < -0.3 is 20.6 Å². The highest BCUT2D eigenvalue weighted by Crippen LogP contribution is 2.03. The van der Waals surface area contributed by atoms with Crippen molar-refractivity contribution >= 4 is 23.7 Å². The molecule has 1 aliphatic rings. The molecule has 8 nitrogen and oxygen atoms in total. The minimum atomic E-state index is -1.58. The first-order chi connectivity index (χ1) is 8.34. The summed E-state index contributed by atoms with van der Waals surface area (Å²) in [5, 5.41) is 27.2. The summed E-state index contributed by atoms with van der Waals surface area (Å²) >= 11 is 0. The van der Waals surface area contributed by atoms with Gasteiger partial charge in [0.25, 0.3) is 0 Å². The molecular formula is C10H15NO7. The highest BCUT2D eigenvalue weighted by Gasteiger charge is 2.20. The Balaban J connectivity index is 0.000000327. The van der Waals surface area contributed by atoms with Gasteiger partial charge in [-0.2, -0.15) is 0 Å². The largest absolute Gasteiger partial charge is 0.481 e. The fourth-order valence-corrected chi connectivity index (χ4v) is 1.22. The first kappa shape index (κ1) is 16.0. The number of ketones is 1. The maximum Gasteiger partial charge on any atom is 0.372 e. The van der Waals surface area contributed by atoms with Gasteiger partial charge in [-0.1, -0.05) is 0 Å². The molecule has 1 aliphatic heterocycles. The molecule has 0 aromatic carbocycles. The lowest BCUT2D eigenvalue weighted by Crippen LogP contribution is -2.29. The number of nitrogens with one attached hydrogen (secondary N) is 1. The number of aliphatic carboxylic acids is 3. The van der Waals surface area contributed by atoms with Crippen molar-refractivity contribution in [1.82, 2.24) is 5.32 Å². The Bertz CT molecular complexity index is 333. The average molecular weight is 261 g/mol. The topological polar surface area (TPSA) is 141 Å². The number of rotatable bonds is 5. The Kier molecular flexibility index (Phi) is 7.29. The van der Waals surface area contributed by atoms with Crippen LogP contribution in [0.2, 0.25) is 0 Å². The van der Waals surface area contributed by atoms with Gasteiger partial charge in [-0.05, 0) is 19.4 Å². The Morgan fingerprint density at radius 3 is 1.94 bits per heavy atom. The second kappa shape index (κ2) is 8.18. The van der Waals surface area contributed by atoms with Gasteiger partial charge in [0.1, 0.15) is 6.04 Å². The van der Waals surface area contributed by atoms with E-state index in [1.54, 1.807) is 0 Å². The van der Waals surface area contributed by atoms with E-state index in [4.69, 9.17) is 15.3 Å². The van der Waals surface area contributed by atoms with Crippen LogP contribution in [-0.2, 0) is 19.2 Å². The molecule has 0 aliphatic carbocycles. The maximum absolute atomic E-state index is 10.2. The maximum atomic E-state index is 10.2. The molecule has 1 atom stereocenters. The number of carboxylic acid groups (broad SMARTS) is 3. The van der Waals surface area contributed by atoms with Crippen molar-refractivity contribution in [3.63, 3.8) is 0 Å². The molecule has 0 aromatic heterocycles. The van der Waals surface area contributed by atoms with Crippen molar-refractivity contribution < 1.29 is 34.5 Å². The molecule has 1 rings (SSSR count). The number of Topliss-reactive ketones (excluding diaryl/α,β-unsaturated/α-hetero) is 1. The van der Waals surface area contributed by atoms with Crippen molar-refractivity contribution in [2.24, 2.45) is 0 Å². The van der Waals surface area contributed by atoms with Crippen molar-refractivity contribution in [3.8, 4) is 0 Å². The number of carbonyl (C=O) groups is 4. The lowest BCUT2D eigenvalue weighted by Gasteiger charge is -1.99. The third-order valence-corrected chi connectivity index (χ3v) is 2.16. The van der Waals surface area contributed by atoms with E-state index in [0.29, 0.717) is 0 Å². The zero-order valence-electron chi connectivity index (χ0n) is 9.59. The Morgan fingerprint density at radius 2 is 1.67 bits per heavy atom. The summed E-state index contributed by atoms with van der Waals surface area (Å²) in [6.45, 7) is 0.858. The molecule has 1 saturated heterocycles. The van der Waals surface area contributed by atoms with Crippen molar-refractivity contribution in [3.05, 3.63) is 0 Å². The second-order valence-corrected chi connectivity index (χ2v) is 3.61. The molecule has 1 heterocycles. The summed E-state index contributed by atoms with van der Waals surface area (Å²) in [6, 6.07) is -0.269. The highest BCUT2D eigenvalue weighted by molar-refractivity contribution is 6.32. The van der Waals surface area contributed by atoms with Gasteiger partial charge in [0.2, 0.25) is 5.78 Å². The number of hydrogen-bond acceptors (Lipinski definition) is 5. The molecule has 4 N–H and O–H groups in total.